The van der Waals surface area contributed by atoms with E-state index in [0.717, 1.165) is 53.1 Å². The van der Waals surface area contributed by atoms with E-state index < -0.39 is 35.4 Å². The summed E-state index contributed by atoms with van der Waals surface area (Å²) in [6.45, 7) is 12.8. The van der Waals surface area contributed by atoms with Gasteiger partial charge in [-0.2, -0.15) is 4.98 Å². The summed E-state index contributed by atoms with van der Waals surface area (Å²) in [4.78, 5) is 105. The third-order valence-electron chi connectivity index (χ3n) is 13.5. The molecule has 6 heterocycles. The summed E-state index contributed by atoms with van der Waals surface area (Å²) in [6.07, 6.45) is 6.11. The van der Waals surface area contributed by atoms with Crippen LogP contribution in [0.15, 0.2) is 59.1 Å². The summed E-state index contributed by atoms with van der Waals surface area (Å²) < 4.78 is 1.68. The van der Waals surface area contributed by atoms with E-state index in [2.05, 4.69) is 35.8 Å². The van der Waals surface area contributed by atoms with E-state index in [9.17, 15) is 33.9 Å². The van der Waals surface area contributed by atoms with Crippen LogP contribution in [0.5, 0.6) is 0 Å². The number of anilines is 3. The number of nitrogens with zero attached hydrogens (tertiary/aromatic N) is 8. The second-order valence-corrected chi connectivity index (χ2v) is 20.3. The quantitative estimate of drug-likeness (QED) is 0.105. The number of thiazole rings is 1. The Morgan fingerprint density at radius 3 is 2.28 bits per heavy atom. The van der Waals surface area contributed by atoms with Crippen molar-refractivity contribution in [3.8, 4) is 10.4 Å². The number of fused-ring (bicyclic) bond motifs is 1. The molecule has 2 aliphatic heterocycles. The van der Waals surface area contributed by atoms with Crippen molar-refractivity contribution in [1.82, 2.24) is 44.9 Å². The molecule has 69 heavy (non-hydrogen) atoms. The van der Waals surface area contributed by atoms with Gasteiger partial charge >= 0.3 is 0 Å². The molecule has 364 valence electrons. The van der Waals surface area contributed by atoms with Gasteiger partial charge in [-0.05, 0) is 67.9 Å². The Bertz CT molecular complexity index is 2790. The van der Waals surface area contributed by atoms with E-state index in [1.165, 1.54) is 11.8 Å². The van der Waals surface area contributed by atoms with Gasteiger partial charge < -0.3 is 35.8 Å². The Labute approximate surface area is 404 Å². The first-order chi connectivity index (χ1) is 33.0. The zero-order valence-corrected chi connectivity index (χ0v) is 40.9. The van der Waals surface area contributed by atoms with Crippen LogP contribution >= 0.6 is 11.3 Å². The average molecular weight is 960 g/mol. The number of piperazine rings is 1. The average Bonchev–Trinajstić information content (AvgIpc) is 4.11. The van der Waals surface area contributed by atoms with Crippen LogP contribution in [0.25, 0.3) is 21.5 Å². The number of benzene rings is 1. The molecular formula is C50H61N11O7S. The summed E-state index contributed by atoms with van der Waals surface area (Å²) >= 11 is 1.56. The maximum atomic E-state index is 14.1. The molecule has 0 bridgehead atoms. The van der Waals surface area contributed by atoms with Crippen LogP contribution in [-0.4, -0.2) is 120 Å². The number of carbonyl (C=O) groups excluding carboxylic acids is 5. The Kier molecular flexibility index (Phi) is 14.5. The molecule has 1 aliphatic carbocycles. The topological polar surface area (TPSA) is 225 Å². The van der Waals surface area contributed by atoms with Crippen molar-refractivity contribution >= 4 is 69.2 Å². The first-order valence-corrected chi connectivity index (χ1v) is 24.6. The lowest BCUT2D eigenvalue weighted by atomic mass is 9.85. The molecule has 5 aromatic rings. The highest BCUT2D eigenvalue weighted by molar-refractivity contribution is 7.13. The fourth-order valence-corrected chi connectivity index (χ4v) is 10.5. The lowest BCUT2D eigenvalue weighted by Crippen LogP contribution is -2.57. The van der Waals surface area contributed by atoms with Gasteiger partial charge in [0, 0.05) is 76.2 Å². The fraction of sp³-hybridized carbons (Fsp3) is 0.480. The molecule has 4 amide bonds. The number of Topliss-reactive ketones (excluding diaryl/α,β-unsaturated/α-hetero) is 1. The number of rotatable bonds is 14. The second-order valence-electron chi connectivity index (χ2n) is 19.4. The highest BCUT2D eigenvalue weighted by Gasteiger charge is 2.44. The number of β-amino-alcohol motifs (C(OH)–C–C–N with tert-alkyl or cyclic N) is 1. The predicted molar refractivity (Wildman–Crippen MR) is 263 cm³/mol. The fourth-order valence-electron chi connectivity index (χ4n) is 9.68. The third-order valence-corrected chi connectivity index (χ3v) is 14.5. The van der Waals surface area contributed by atoms with E-state index in [-0.39, 0.29) is 73.1 Å². The largest absolute Gasteiger partial charge is 0.391 e. The van der Waals surface area contributed by atoms with E-state index in [1.807, 2.05) is 64.1 Å². The van der Waals surface area contributed by atoms with Crippen molar-refractivity contribution in [2.75, 3.05) is 42.9 Å². The molecule has 1 saturated carbocycles. The maximum absolute atomic E-state index is 14.1. The molecule has 1 aromatic carbocycles. The SMILES string of the molecule is CC(=O)c1c(C)c2cnc(Nc3ccc(N4CCN(C(=O)CCC(=O)NC(C(=O)N5C[C@H](O)C[C@H]5C(=O)NCc5ccc(-c6scnc6C)cc5)C(C)(C)C)CC4)cn3)nc2n(C2CCCC2)c1=O. The van der Waals surface area contributed by atoms with Gasteiger partial charge in [0.05, 0.1) is 39.6 Å². The van der Waals surface area contributed by atoms with Crippen molar-refractivity contribution in [2.45, 2.75) is 117 Å². The molecule has 1 unspecified atom stereocenters. The van der Waals surface area contributed by atoms with E-state index >= 15 is 0 Å². The number of hydrogen-bond acceptors (Lipinski definition) is 14. The monoisotopic (exact) mass is 959 g/mol. The number of likely N-dealkylation sites (tertiary alicyclic amines) is 1. The molecule has 3 atom stereocenters. The minimum absolute atomic E-state index is 0.0343. The van der Waals surface area contributed by atoms with Crippen LogP contribution in [0, 0.1) is 19.3 Å². The molecule has 8 rings (SSSR count). The second kappa shape index (κ2) is 20.6. The highest BCUT2D eigenvalue weighted by atomic mass is 32.1. The number of carbonyl (C=O) groups is 5. The highest BCUT2D eigenvalue weighted by Crippen LogP contribution is 2.33. The summed E-state index contributed by atoms with van der Waals surface area (Å²) in [5.74, 6) is -0.971. The first-order valence-electron chi connectivity index (χ1n) is 23.7. The minimum atomic E-state index is -1.01. The van der Waals surface area contributed by atoms with Crippen molar-refractivity contribution < 1.29 is 29.1 Å². The predicted octanol–water partition coefficient (Wildman–Crippen LogP) is 5.23. The van der Waals surface area contributed by atoms with Crippen LogP contribution in [0.3, 0.4) is 0 Å². The normalized spacial score (nSPS) is 18.1. The molecule has 0 radical (unpaired) electrons. The van der Waals surface area contributed by atoms with Gasteiger partial charge in [-0.15, -0.1) is 11.3 Å². The van der Waals surface area contributed by atoms with Gasteiger partial charge in [-0.3, -0.25) is 33.3 Å². The molecule has 19 heteroatoms. The zero-order chi connectivity index (χ0) is 49.1. The van der Waals surface area contributed by atoms with Gasteiger partial charge in [0.1, 0.15) is 23.5 Å². The summed E-state index contributed by atoms with van der Waals surface area (Å²) in [7, 11) is 0. The Morgan fingerprint density at radius 1 is 0.913 bits per heavy atom. The number of aliphatic hydroxyl groups is 1. The number of nitrogens with one attached hydrogen (secondary N) is 3. The van der Waals surface area contributed by atoms with Crippen molar-refractivity contribution in [3.63, 3.8) is 0 Å². The molecule has 18 nitrogen and oxygen atoms in total. The lowest BCUT2D eigenvalue weighted by molar-refractivity contribution is -0.144. The van der Waals surface area contributed by atoms with E-state index in [0.29, 0.717) is 48.6 Å². The van der Waals surface area contributed by atoms with Gasteiger partial charge in [-0.1, -0.05) is 57.9 Å². The molecule has 3 aliphatic rings. The Balaban J connectivity index is 0.816. The first kappa shape index (κ1) is 48.8. The molecule has 4 aromatic heterocycles. The number of aromatic nitrogens is 5. The van der Waals surface area contributed by atoms with Crippen LogP contribution in [-0.2, 0) is 25.7 Å². The molecule has 2 saturated heterocycles. The van der Waals surface area contributed by atoms with Crippen LogP contribution < -0.4 is 26.4 Å². The number of aliphatic hydroxyl groups excluding tert-OH is 1. The van der Waals surface area contributed by atoms with E-state index in [1.54, 1.807) is 45.6 Å². The number of hydrogen-bond donors (Lipinski definition) is 4. The Hall–Kier alpha value is -6.60. The smallest absolute Gasteiger partial charge is 0.263 e. The molecular weight excluding hydrogens is 899 g/mol. The van der Waals surface area contributed by atoms with Gasteiger partial charge in [0.2, 0.25) is 29.6 Å². The molecule has 3 fully saturated rings. The van der Waals surface area contributed by atoms with Crippen LogP contribution in [0.2, 0.25) is 0 Å². The van der Waals surface area contributed by atoms with Crippen molar-refractivity contribution in [3.05, 3.63) is 87.0 Å². The Morgan fingerprint density at radius 2 is 1.64 bits per heavy atom. The van der Waals surface area contributed by atoms with Crippen molar-refractivity contribution in [2.24, 2.45) is 5.41 Å². The van der Waals surface area contributed by atoms with Gasteiger partial charge in [-0.25, -0.2) is 15.0 Å². The van der Waals surface area contributed by atoms with Crippen LogP contribution in [0.4, 0.5) is 17.5 Å². The van der Waals surface area contributed by atoms with Gasteiger partial charge in [0.25, 0.3) is 5.56 Å². The van der Waals surface area contributed by atoms with Gasteiger partial charge in [0.15, 0.2) is 5.78 Å². The van der Waals surface area contributed by atoms with Crippen LogP contribution in [0.1, 0.15) is 106 Å². The lowest BCUT2D eigenvalue weighted by Gasteiger charge is -2.36. The minimum Gasteiger partial charge on any atom is -0.391 e. The number of aryl methyl sites for hydroxylation is 2. The molecule has 0 spiro atoms. The third kappa shape index (κ3) is 10.8. The number of ketones is 1. The summed E-state index contributed by atoms with van der Waals surface area (Å²) in [5.41, 5.74) is 5.75. The van der Waals surface area contributed by atoms with Crippen molar-refractivity contribution in [1.29, 1.82) is 0 Å². The number of pyridine rings is 2. The number of amides is 4. The molecule has 4 N–H and O–H groups in total. The van der Waals surface area contributed by atoms with E-state index in [4.69, 9.17) is 4.98 Å². The summed E-state index contributed by atoms with van der Waals surface area (Å²) in [6, 6.07) is 9.62. The summed E-state index contributed by atoms with van der Waals surface area (Å²) in [5, 5.41) is 20.2. The maximum Gasteiger partial charge on any atom is 0.263 e. The standard InChI is InChI=1S/C50H61N11O7S/c1-29-37-26-53-49(57-45(37)61(34-9-7-8-10-34)47(67)42(29)31(3)62)55-39-16-15-35(25-51-39)58-19-21-59(22-20-58)41(65)18-17-40(64)56-44(50(4,5)6)48(68)60-27-36(63)23-38(60)46(66)52-24-32-11-13-33(14-12-32)43-30(2)54-28-69-43/h11-16,25-26,28,34,36,38,44,63H,7-10,17-24,27H2,1-6H3,(H,52,66)(H,56,64)(H,51,53,55,57)/t36-,38+,44?/m1/s1. The zero-order valence-electron chi connectivity index (χ0n) is 40.1.